The van der Waals surface area contributed by atoms with Crippen LogP contribution >= 0.6 is 12.2 Å². The molecule has 0 fully saturated rings. The Morgan fingerprint density at radius 1 is 1.32 bits per heavy atom. The first-order valence-corrected chi connectivity index (χ1v) is 5.82. The molecule has 0 bridgehead atoms. The number of carbonyl (C=O) groups excluding carboxylic acids is 1. The van der Waals surface area contributed by atoms with Crippen LogP contribution in [0.25, 0.3) is 0 Å². The zero-order valence-corrected chi connectivity index (χ0v) is 10.5. The molecule has 0 aliphatic carbocycles. The summed E-state index contributed by atoms with van der Waals surface area (Å²) in [7, 11) is 0. The average molecular weight is 279 g/mol. The Hall–Kier alpha value is -2.21. The van der Waals surface area contributed by atoms with E-state index in [9.17, 15) is 14.3 Å². The Labute approximate surface area is 113 Å². The summed E-state index contributed by atoms with van der Waals surface area (Å²) in [6, 6.07) is 7.08. The van der Waals surface area contributed by atoms with E-state index in [1.807, 2.05) is 0 Å². The van der Waals surface area contributed by atoms with Crippen molar-refractivity contribution in [2.24, 2.45) is 0 Å². The molecule has 0 atom stereocenters. The van der Waals surface area contributed by atoms with Crippen molar-refractivity contribution >= 4 is 18.1 Å². The summed E-state index contributed by atoms with van der Waals surface area (Å²) in [5, 5.41) is 12.1. The highest BCUT2D eigenvalue weighted by Gasteiger charge is 2.14. The molecule has 2 N–H and O–H groups in total. The van der Waals surface area contributed by atoms with Gasteiger partial charge in [0, 0.05) is 6.54 Å². The van der Waals surface area contributed by atoms with Crippen molar-refractivity contribution in [2.45, 2.75) is 6.54 Å². The van der Waals surface area contributed by atoms with Crippen LogP contribution in [0.1, 0.15) is 16.1 Å². The van der Waals surface area contributed by atoms with Crippen LogP contribution < -0.4 is 5.32 Å². The van der Waals surface area contributed by atoms with E-state index < -0.39 is 5.91 Å². The standard InChI is InChI=1S/C13H10FNO3S/c14-9-3-1-8(2-4-9)7-15-13(17)12-11(16)10(19)5-6-18-12/h1-6,16H,7H2,(H,15,17). The summed E-state index contributed by atoms with van der Waals surface area (Å²) in [6.45, 7) is 0.190. The molecule has 0 spiro atoms. The van der Waals surface area contributed by atoms with Gasteiger partial charge in [0.05, 0.1) is 10.8 Å². The number of aromatic hydroxyl groups is 1. The predicted octanol–water partition coefficient (Wildman–Crippen LogP) is 2.78. The number of halogens is 1. The van der Waals surface area contributed by atoms with Crippen LogP contribution in [0.5, 0.6) is 5.75 Å². The Bertz CT molecular complexity index is 652. The van der Waals surface area contributed by atoms with Crippen LogP contribution in [0.4, 0.5) is 4.39 Å². The fourth-order valence-corrected chi connectivity index (χ4v) is 1.58. The van der Waals surface area contributed by atoms with E-state index in [1.54, 1.807) is 12.1 Å². The zero-order valence-electron chi connectivity index (χ0n) is 9.72. The fraction of sp³-hybridized carbons (Fsp3) is 0.0769. The summed E-state index contributed by atoms with van der Waals surface area (Å²) >= 11 is 4.82. The Morgan fingerprint density at radius 2 is 2.00 bits per heavy atom. The third kappa shape index (κ3) is 3.17. The molecular formula is C13H10FNO3S. The van der Waals surface area contributed by atoms with E-state index in [1.165, 1.54) is 24.5 Å². The molecule has 2 rings (SSSR count). The molecule has 1 aromatic heterocycles. The van der Waals surface area contributed by atoms with Gasteiger partial charge in [-0.05, 0) is 23.8 Å². The smallest absolute Gasteiger partial charge is 0.291 e. The second-order valence-corrected chi connectivity index (χ2v) is 4.21. The van der Waals surface area contributed by atoms with Crippen molar-refractivity contribution < 1.29 is 18.7 Å². The van der Waals surface area contributed by atoms with Crippen molar-refractivity contribution in [3.63, 3.8) is 0 Å². The molecule has 1 aromatic carbocycles. The lowest BCUT2D eigenvalue weighted by Gasteiger charge is -2.05. The lowest BCUT2D eigenvalue weighted by atomic mass is 10.2. The third-order valence-electron chi connectivity index (χ3n) is 2.43. The highest BCUT2D eigenvalue weighted by molar-refractivity contribution is 7.71. The molecule has 0 aliphatic heterocycles. The van der Waals surface area contributed by atoms with Gasteiger partial charge < -0.3 is 14.8 Å². The first-order valence-electron chi connectivity index (χ1n) is 5.41. The molecule has 1 heterocycles. The predicted molar refractivity (Wildman–Crippen MR) is 68.8 cm³/mol. The van der Waals surface area contributed by atoms with E-state index in [0.717, 1.165) is 5.56 Å². The summed E-state index contributed by atoms with van der Waals surface area (Å²) in [5.74, 6) is -1.54. The fourth-order valence-electron chi connectivity index (χ4n) is 1.44. The van der Waals surface area contributed by atoms with Crippen LogP contribution in [-0.4, -0.2) is 11.0 Å². The first-order chi connectivity index (χ1) is 9.08. The van der Waals surface area contributed by atoms with E-state index in [-0.39, 0.29) is 28.4 Å². The van der Waals surface area contributed by atoms with Gasteiger partial charge in [-0.1, -0.05) is 24.4 Å². The van der Waals surface area contributed by atoms with Crippen LogP contribution in [0.3, 0.4) is 0 Å². The molecule has 6 heteroatoms. The average Bonchev–Trinajstić information content (AvgIpc) is 2.41. The molecule has 19 heavy (non-hydrogen) atoms. The monoisotopic (exact) mass is 279 g/mol. The maximum Gasteiger partial charge on any atom is 0.291 e. The second-order valence-electron chi connectivity index (χ2n) is 3.77. The highest BCUT2D eigenvalue weighted by Crippen LogP contribution is 2.18. The number of nitrogens with one attached hydrogen (secondary N) is 1. The van der Waals surface area contributed by atoms with Gasteiger partial charge in [-0.25, -0.2) is 4.39 Å². The number of hydrogen-bond acceptors (Lipinski definition) is 4. The Morgan fingerprint density at radius 3 is 2.68 bits per heavy atom. The van der Waals surface area contributed by atoms with E-state index >= 15 is 0 Å². The summed E-state index contributed by atoms with van der Waals surface area (Å²) in [4.78, 5) is 11.8. The van der Waals surface area contributed by atoms with Gasteiger partial charge >= 0.3 is 0 Å². The number of rotatable bonds is 3. The van der Waals surface area contributed by atoms with E-state index in [4.69, 9.17) is 16.6 Å². The molecule has 98 valence electrons. The zero-order chi connectivity index (χ0) is 13.8. The summed E-state index contributed by atoms with van der Waals surface area (Å²) in [6.07, 6.45) is 1.23. The van der Waals surface area contributed by atoms with Gasteiger partial charge in [0.25, 0.3) is 5.91 Å². The largest absolute Gasteiger partial charge is 0.503 e. The normalized spacial score (nSPS) is 10.2. The molecule has 1 amide bonds. The van der Waals surface area contributed by atoms with Gasteiger partial charge in [-0.2, -0.15) is 0 Å². The van der Waals surface area contributed by atoms with Crippen molar-refractivity contribution in [1.29, 1.82) is 0 Å². The molecule has 0 saturated carbocycles. The maximum atomic E-state index is 12.7. The highest BCUT2D eigenvalue weighted by atomic mass is 32.1. The number of hydrogen-bond donors (Lipinski definition) is 2. The van der Waals surface area contributed by atoms with Crippen molar-refractivity contribution in [3.8, 4) is 5.75 Å². The lowest BCUT2D eigenvalue weighted by molar-refractivity contribution is 0.0916. The molecule has 0 unspecified atom stereocenters. The number of amides is 1. The van der Waals surface area contributed by atoms with Crippen LogP contribution in [-0.2, 0) is 6.54 Å². The molecule has 4 nitrogen and oxygen atoms in total. The second kappa shape index (κ2) is 5.62. The summed E-state index contributed by atoms with van der Waals surface area (Å²) < 4.78 is 17.8. The minimum Gasteiger partial charge on any atom is -0.503 e. The minimum absolute atomic E-state index is 0.137. The number of carbonyl (C=O) groups is 1. The first kappa shape index (κ1) is 13.2. The van der Waals surface area contributed by atoms with Crippen LogP contribution in [0.15, 0.2) is 41.0 Å². The molecule has 0 aliphatic rings. The van der Waals surface area contributed by atoms with Crippen LogP contribution in [0.2, 0.25) is 0 Å². The Balaban J connectivity index is 2.07. The maximum absolute atomic E-state index is 12.7. The van der Waals surface area contributed by atoms with Gasteiger partial charge in [0.2, 0.25) is 5.76 Å². The minimum atomic E-state index is -0.589. The van der Waals surface area contributed by atoms with Crippen molar-refractivity contribution in [1.82, 2.24) is 5.32 Å². The van der Waals surface area contributed by atoms with Gasteiger partial charge in [-0.15, -0.1) is 0 Å². The van der Waals surface area contributed by atoms with Gasteiger partial charge in [-0.3, -0.25) is 4.79 Å². The molecule has 0 radical (unpaired) electrons. The quantitative estimate of drug-likeness (QED) is 0.848. The Kier molecular flexibility index (Phi) is 3.91. The topological polar surface area (TPSA) is 62.5 Å². The van der Waals surface area contributed by atoms with Crippen molar-refractivity contribution in [2.75, 3.05) is 0 Å². The SMILES string of the molecule is O=C(NCc1ccc(F)cc1)c1occc(=S)c1O. The lowest BCUT2D eigenvalue weighted by Crippen LogP contribution is -2.22. The van der Waals surface area contributed by atoms with Gasteiger partial charge in [0.1, 0.15) is 5.82 Å². The van der Waals surface area contributed by atoms with E-state index in [0.29, 0.717) is 0 Å². The van der Waals surface area contributed by atoms with Gasteiger partial charge in [0.15, 0.2) is 5.75 Å². The van der Waals surface area contributed by atoms with Crippen molar-refractivity contribution in [3.05, 3.63) is 58.2 Å². The molecular weight excluding hydrogens is 269 g/mol. The summed E-state index contributed by atoms with van der Waals surface area (Å²) in [5.41, 5.74) is 0.726. The third-order valence-corrected chi connectivity index (χ3v) is 2.76. The number of benzene rings is 1. The molecule has 0 saturated heterocycles. The van der Waals surface area contributed by atoms with Crippen LogP contribution in [0, 0.1) is 10.3 Å². The molecule has 2 aromatic rings. The van der Waals surface area contributed by atoms with E-state index in [2.05, 4.69) is 5.32 Å².